The van der Waals surface area contributed by atoms with Crippen molar-refractivity contribution in [1.29, 1.82) is 0 Å². The maximum Gasteiger partial charge on any atom is 0.171 e. The Morgan fingerprint density at radius 1 is 1.20 bits per heavy atom. The van der Waals surface area contributed by atoms with E-state index in [1.807, 2.05) is 39.0 Å². The van der Waals surface area contributed by atoms with E-state index in [1.54, 1.807) is 0 Å². The first-order valence-corrected chi connectivity index (χ1v) is 8.46. The van der Waals surface area contributed by atoms with Crippen LogP contribution < -0.4 is 15.4 Å². The number of thiocarbonyl (C=S) groups is 1. The molecule has 0 aliphatic carbocycles. The number of ether oxygens (including phenoxy) is 1. The molecule has 6 heteroatoms. The largest absolute Gasteiger partial charge is 0.487 e. The zero-order chi connectivity index (χ0) is 18.2. The minimum absolute atomic E-state index is 0.0668. The highest BCUT2D eigenvalue weighted by molar-refractivity contribution is 7.80. The molecule has 2 aromatic rings. The number of aryl methyl sites for hydroxylation is 1. The van der Waals surface area contributed by atoms with E-state index in [4.69, 9.17) is 17.0 Å². The minimum Gasteiger partial charge on any atom is -0.487 e. The lowest BCUT2D eigenvalue weighted by molar-refractivity contribution is 0.0696. The van der Waals surface area contributed by atoms with Crippen molar-refractivity contribution >= 4 is 23.0 Å². The molecule has 1 atom stereocenters. The molecule has 132 valence electrons. The Morgan fingerprint density at radius 2 is 1.96 bits per heavy atom. The van der Waals surface area contributed by atoms with Crippen LogP contribution in [0.2, 0.25) is 0 Å². The van der Waals surface area contributed by atoms with Crippen molar-refractivity contribution in [3.8, 4) is 5.75 Å². The monoisotopic (exact) mass is 362 g/mol. The van der Waals surface area contributed by atoms with Gasteiger partial charge in [0, 0.05) is 18.1 Å². The molecule has 3 rings (SSSR count). The van der Waals surface area contributed by atoms with Crippen LogP contribution in [0.25, 0.3) is 0 Å². The summed E-state index contributed by atoms with van der Waals surface area (Å²) in [5, 5.41) is 6.29. The van der Waals surface area contributed by atoms with Crippen molar-refractivity contribution in [2.75, 3.05) is 5.32 Å². The van der Waals surface area contributed by atoms with Crippen LogP contribution in [-0.2, 0) is 0 Å². The lowest BCUT2D eigenvalue weighted by atomic mass is 9.89. The van der Waals surface area contributed by atoms with Gasteiger partial charge < -0.3 is 15.4 Å². The molecule has 0 fully saturated rings. The van der Waals surface area contributed by atoms with Gasteiger partial charge in [-0.3, -0.25) is 0 Å². The second kappa shape index (κ2) is 6.59. The van der Waals surface area contributed by atoms with Gasteiger partial charge in [0.25, 0.3) is 0 Å². The van der Waals surface area contributed by atoms with Crippen LogP contribution in [0.15, 0.2) is 36.4 Å². The second-order valence-corrected chi connectivity index (χ2v) is 7.29. The van der Waals surface area contributed by atoms with Crippen molar-refractivity contribution in [3.05, 3.63) is 59.2 Å². The lowest BCUT2D eigenvalue weighted by Crippen LogP contribution is -2.42. The molecule has 1 aliphatic rings. The van der Waals surface area contributed by atoms with Crippen LogP contribution >= 0.6 is 12.2 Å². The third kappa shape index (κ3) is 4.07. The fourth-order valence-corrected chi connectivity index (χ4v) is 3.25. The van der Waals surface area contributed by atoms with Crippen LogP contribution in [0, 0.1) is 18.6 Å². The number of fused-ring (bicyclic) bond motifs is 1. The lowest BCUT2D eigenvalue weighted by Gasteiger charge is -2.38. The Morgan fingerprint density at radius 3 is 2.68 bits per heavy atom. The molecule has 25 heavy (non-hydrogen) atoms. The number of hydrogen-bond acceptors (Lipinski definition) is 2. The van der Waals surface area contributed by atoms with E-state index in [0.717, 1.165) is 22.9 Å². The number of halogens is 2. The molecule has 0 saturated heterocycles. The van der Waals surface area contributed by atoms with Crippen LogP contribution in [0.3, 0.4) is 0 Å². The molecule has 0 radical (unpaired) electrons. The summed E-state index contributed by atoms with van der Waals surface area (Å²) in [6.07, 6.45) is 0.705. The molecular weight excluding hydrogens is 342 g/mol. The third-order valence-corrected chi connectivity index (χ3v) is 4.33. The standard InChI is InChI=1S/C19H20F2N2OS/c1-11-4-6-13-16(10-19(2,3)24-17(13)8-11)23-18(25)22-15-7-5-12(20)9-14(15)21/h4-9,16H,10H2,1-3H3,(H2,22,23,25)/t16-/m1/s1. The van der Waals surface area contributed by atoms with Crippen molar-refractivity contribution in [3.63, 3.8) is 0 Å². The highest BCUT2D eigenvalue weighted by Gasteiger charge is 2.34. The van der Waals surface area contributed by atoms with E-state index in [0.29, 0.717) is 6.42 Å². The summed E-state index contributed by atoms with van der Waals surface area (Å²) in [5.41, 5.74) is 1.90. The van der Waals surface area contributed by atoms with Crippen molar-refractivity contribution in [2.45, 2.75) is 38.8 Å². The van der Waals surface area contributed by atoms with Crippen molar-refractivity contribution < 1.29 is 13.5 Å². The zero-order valence-corrected chi connectivity index (χ0v) is 15.1. The maximum atomic E-state index is 13.8. The molecule has 1 heterocycles. The summed E-state index contributed by atoms with van der Waals surface area (Å²) in [4.78, 5) is 0. The number of benzene rings is 2. The van der Waals surface area contributed by atoms with E-state index in [2.05, 4.69) is 10.6 Å². The summed E-state index contributed by atoms with van der Waals surface area (Å²) >= 11 is 5.32. The van der Waals surface area contributed by atoms with Gasteiger partial charge in [0.05, 0.1) is 11.7 Å². The average molecular weight is 362 g/mol. The van der Waals surface area contributed by atoms with Gasteiger partial charge in [0.2, 0.25) is 0 Å². The van der Waals surface area contributed by atoms with Crippen LogP contribution in [-0.4, -0.2) is 10.7 Å². The summed E-state index contributed by atoms with van der Waals surface area (Å²) < 4.78 is 32.9. The molecule has 0 amide bonds. The molecule has 2 aromatic carbocycles. The Kier molecular flexibility index (Phi) is 4.64. The summed E-state index contributed by atoms with van der Waals surface area (Å²) in [6.45, 7) is 6.04. The van der Waals surface area contributed by atoms with Gasteiger partial charge in [-0.1, -0.05) is 12.1 Å². The Bertz CT molecular complexity index is 823. The van der Waals surface area contributed by atoms with Crippen LogP contribution in [0.5, 0.6) is 5.75 Å². The van der Waals surface area contributed by atoms with Gasteiger partial charge in [0.15, 0.2) is 5.11 Å². The topological polar surface area (TPSA) is 33.3 Å². The number of hydrogen-bond donors (Lipinski definition) is 2. The predicted molar refractivity (Wildman–Crippen MR) is 99.0 cm³/mol. The van der Waals surface area contributed by atoms with E-state index in [-0.39, 0.29) is 22.4 Å². The van der Waals surface area contributed by atoms with Crippen LogP contribution in [0.4, 0.5) is 14.5 Å². The molecule has 0 unspecified atom stereocenters. The fraction of sp³-hybridized carbons (Fsp3) is 0.316. The number of rotatable bonds is 2. The highest BCUT2D eigenvalue weighted by Crippen LogP contribution is 2.39. The van der Waals surface area contributed by atoms with Gasteiger partial charge in [-0.15, -0.1) is 0 Å². The van der Waals surface area contributed by atoms with Gasteiger partial charge in [0.1, 0.15) is 23.0 Å². The van der Waals surface area contributed by atoms with Gasteiger partial charge >= 0.3 is 0 Å². The molecule has 0 bridgehead atoms. The minimum atomic E-state index is -0.688. The van der Waals surface area contributed by atoms with Crippen LogP contribution in [0.1, 0.15) is 37.4 Å². The predicted octanol–water partition coefficient (Wildman–Crippen LogP) is 4.86. The van der Waals surface area contributed by atoms with Gasteiger partial charge in [-0.25, -0.2) is 8.78 Å². The Balaban J connectivity index is 1.79. The van der Waals surface area contributed by atoms with E-state index < -0.39 is 11.6 Å². The molecular formula is C19H20F2N2OS. The fourth-order valence-electron chi connectivity index (χ4n) is 2.99. The van der Waals surface area contributed by atoms with Gasteiger partial charge in [-0.2, -0.15) is 0 Å². The molecule has 0 saturated carbocycles. The molecule has 2 N–H and O–H groups in total. The quantitative estimate of drug-likeness (QED) is 0.748. The Hall–Kier alpha value is -2.21. The molecule has 1 aliphatic heterocycles. The van der Waals surface area contributed by atoms with Crippen molar-refractivity contribution in [1.82, 2.24) is 5.32 Å². The SMILES string of the molecule is Cc1ccc2c(c1)OC(C)(C)C[C@H]2NC(=S)Nc1ccc(F)cc1F. The van der Waals surface area contributed by atoms with E-state index in [1.165, 1.54) is 12.1 Å². The first-order valence-electron chi connectivity index (χ1n) is 8.06. The van der Waals surface area contributed by atoms with Gasteiger partial charge in [-0.05, 0) is 56.8 Å². The summed E-state index contributed by atoms with van der Waals surface area (Å²) in [5.74, 6) is -0.491. The first kappa shape index (κ1) is 17.6. The molecule has 0 spiro atoms. The molecule has 3 nitrogen and oxygen atoms in total. The summed E-state index contributed by atoms with van der Waals surface area (Å²) in [6, 6.07) is 9.29. The van der Waals surface area contributed by atoms with E-state index in [9.17, 15) is 8.78 Å². The number of anilines is 1. The van der Waals surface area contributed by atoms with Crippen molar-refractivity contribution in [2.24, 2.45) is 0 Å². The third-order valence-electron chi connectivity index (χ3n) is 4.11. The number of nitrogens with one attached hydrogen (secondary N) is 2. The highest BCUT2D eigenvalue weighted by atomic mass is 32.1. The molecule has 0 aromatic heterocycles. The Labute approximate surface area is 151 Å². The summed E-state index contributed by atoms with van der Waals surface area (Å²) in [7, 11) is 0. The maximum absolute atomic E-state index is 13.8. The normalized spacial score (nSPS) is 18.0. The smallest absolute Gasteiger partial charge is 0.171 e. The second-order valence-electron chi connectivity index (χ2n) is 6.88. The van der Waals surface area contributed by atoms with E-state index >= 15 is 0 Å². The first-order chi connectivity index (χ1) is 11.7. The average Bonchev–Trinajstić information content (AvgIpc) is 2.48. The zero-order valence-electron chi connectivity index (χ0n) is 14.3.